The summed E-state index contributed by atoms with van der Waals surface area (Å²) in [5, 5.41) is 1.38. The number of carbonyl (C=O) groups is 1. The topological polar surface area (TPSA) is 26.3 Å². The molecule has 0 fully saturated rings. The number of nitrogens with zero attached hydrogens (tertiary/aromatic N) is 1. The fourth-order valence-corrected chi connectivity index (χ4v) is 2.79. The van der Waals surface area contributed by atoms with Gasteiger partial charge in [-0.2, -0.15) is 0 Å². The van der Waals surface area contributed by atoms with Gasteiger partial charge in [0, 0.05) is 10.7 Å². The molecule has 0 N–H and O–H groups in total. The van der Waals surface area contributed by atoms with E-state index in [1.165, 1.54) is 0 Å². The number of hydrogen-bond donors (Lipinski definition) is 0. The zero-order valence-electron chi connectivity index (χ0n) is 12.0. The van der Waals surface area contributed by atoms with Crippen molar-refractivity contribution in [2.75, 3.05) is 34.3 Å². The summed E-state index contributed by atoms with van der Waals surface area (Å²) in [6.45, 7) is 1.23. The van der Waals surface area contributed by atoms with Gasteiger partial charge in [0.05, 0.1) is 26.7 Å². The molecular weight excluding hydrogens is 454 g/mol. The highest BCUT2D eigenvalue weighted by Crippen LogP contribution is 2.21. The Morgan fingerprint density at radius 1 is 1.20 bits per heavy atom. The van der Waals surface area contributed by atoms with Crippen molar-refractivity contribution in [3.63, 3.8) is 0 Å². The maximum Gasteiger partial charge on any atom is 0.338 e. The highest BCUT2D eigenvalue weighted by molar-refractivity contribution is 9.09. The van der Waals surface area contributed by atoms with Crippen molar-refractivity contribution in [2.24, 2.45) is 0 Å². The summed E-state index contributed by atoms with van der Waals surface area (Å²) in [5.74, 6) is -0.245. The van der Waals surface area contributed by atoms with Gasteiger partial charge < -0.3 is 26.2 Å². The first kappa shape index (κ1) is 20.1. The monoisotopic (exact) mass is 471 g/mol. The summed E-state index contributed by atoms with van der Waals surface area (Å²) < 4.78 is 6.13. The lowest BCUT2D eigenvalue weighted by Crippen LogP contribution is -3.00. The summed E-state index contributed by atoms with van der Waals surface area (Å²) in [5.41, 5.74) is 2.75. The Balaban J connectivity index is 0.00000361. The van der Waals surface area contributed by atoms with Crippen LogP contribution in [-0.2, 0) is 15.4 Å². The van der Waals surface area contributed by atoms with Crippen molar-refractivity contribution in [2.45, 2.75) is 10.7 Å². The molecular formula is C14H20Br3NO2. The van der Waals surface area contributed by atoms with Crippen LogP contribution in [0.15, 0.2) is 18.2 Å². The van der Waals surface area contributed by atoms with E-state index in [2.05, 4.69) is 53.0 Å². The molecule has 0 amide bonds. The van der Waals surface area contributed by atoms with Crippen LogP contribution in [0.25, 0.3) is 0 Å². The first-order valence-electron chi connectivity index (χ1n) is 6.09. The molecule has 0 aromatic heterocycles. The third-order valence-corrected chi connectivity index (χ3v) is 3.93. The van der Waals surface area contributed by atoms with Crippen LogP contribution in [0.3, 0.4) is 0 Å². The lowest BCUT2D eigenvalue weighted by atomic mass is 10.0. The SMILES string of the molecule is C[N+](C)(C)CCOC(=O)c1cccc(CBr)c1CBr.[Br-]. The van der Waals surface area contributed by atoms with E-state index in [4.69, 9.17) is 4.74 Å². The first-order chi connectivity index (χ1) is 8.89. The van der Waals surface area contributed by atoms with E-state index in [1.54, 1.807) is 0 Å². The van der Waals surface area contributed by atoms with Crippen molar-refractivity contribution in [3.8, 4) is 0 Å². The number of likely N-dealkylation sites (N-methyl/N-ethyl adjacent to an activating group) is 1. The van der Waals surface area contributed by atoms with Gasteiger partial charge in [0.2, 0.25) is 0 Å². The van der Waals surface area contributed by atoms with E-state index < -0.39 is 0 Å². The predicted molar refractivity (Wildman–Crippen MR) is 84.9 cm³/mol. The van der Waals surface area contributed by atoms with Gasteiger partial charge in [-0.1, -0.05) is 44.0 Å². The van der Waals surface area contributed by atoms with Gasteiger partial charge in [0.15, 0.2) is 0 Å². The minimum Gasteiger partial charge on any atom is -1.00 e. The number of esters is 1. The second-order valence-electron chi connectivity index (χ2n) is 5.36. The lowest BCUT2D eigenvalue weighted by molar-refractivity contribution is -0.870. The van der Waals surface area contributed by atoms with E-state index in [0.29, 0.717) is 17.5 Å². The van der Waals surface area contributed by atoms with Crippen LogP contribution in [0, 0.1) is 0 Å². The van der Waals surface area contributed by atoms with Crippen molar-refractivity contribution in [1.29, 1.82) is 0 Å². The Kier molecular flexibility index (Phi) is 9.22. The zero-order valence-corrected chi connectivity index (χ0v) is 16.7. The van der Waals surface area contributed by atoms with Crippen LogP contribution < -0.4 is 17.0 Å². The number of carbonyl (C=O) groups excluding carboxylic acids is 1. The van der Waals surface area contributed by atoms with Gasteiger partial charge >= 0.3 is 5.97 Å². The fraction of sp³-hybridized carbons (Fsp3) is 0.500. The highest BCUT2D eigenvalue weighted by Gasteiger charge is 2.16. The van der Waals surface area contributed by atoms with Gasteiger partial charge in [-0.05, 0) is 17.2 Å². The van der Waals surface area contributed by atoms with E-state index in [-0.39, 0.29) is 23.0 Å². The van der Waals surface area contributed by atoms with Gasteiger partial charge in [-0.15, -0.1) is 0 Å². The molecule has 1 rings (SSSR count). The van der Waals surface area contributed by atoms with E-state index in [9.17, 15) is 4.79 Å². The van der Waals surface area contributed by atoms with E-state index in [0.717, 1.165) is 27.5 Å². The smallest absolute Gasteiger partial charge is 0.338 e. The minimum atomic E-state index is -0.245. The maximum atomic E-state index is 12.1. The Labute approximate surface area is 148 Å². The molecule has 0 saturated heterocycles. The molecule has 0 atom stereocenters. The van der Waals surface area contributed by atoms with Crippen LogP contribution in [0.2, 0.25) is 0 Å². The van der Waals surface area contributed by atoms with Crippen molar-refractivity contribution in [3.05, 3.63) is 34.9 Å². The molecule has 1 aromatic carbocycles. The molecule has 3 nitrogen and oxygen atoms in total. The molecule has 0 radical (unpaired) electrons. The number of benzene rings is 1. The normalized spacial score (nSPS) is 10.8. The average Bonchev–Trinajstić information content (AvgIpc) is 2.35. The molecule has 0 bridgehead atoms. The number of rotatable bonds is 6. The molecule has 20 heavy (non-hydrogen) atoms. The molecule has 1 aromatic rings. The van der Waals surface area contributed by atoms with Gasteiger partial charge in [-0.3, -0.25) is 0 Å². The molecule has 0 unspecified atom stereocenters. The van der Waals surface area contributed by atoms with E-state index >= 15 is 0 Å². The molecule has 0 aliphatic heterocycles. The van der Waals surface area contributed by atoms with E-state index in [1.807, 2.05) is 18.2 Å². The molecule has 0 aliphatic rings. The zero-order chi connectivity index (χ0) is 14.5. The number of ether oxygens (including phenoxy) is 1. The second kappa shape index (κ2) is 9.18. The Morgan fingerprint density at radius 2 is 1.85 bits per heavy atom. The Bertz CT molecular complexity index is 445. The highest BCUT2D eigenvalue weighted by atomic mass is 79.9. The molecule has 0 aliphatic carbocycles. The molecule has 6 heteroatoms. The summed E-state index contributed by atoms with van der Waals surface area (Å²) >= 11 is 6.87. The van der Waals surface area contributed by atoms with Gasteiger partial charge in [0.25, 0.3) is 0 Å². The van der Waals surface area contributed by atoms with Crippen molar-refractivity contribution < 1.29 is 31.0 Å². The minimum absolute atomic E-state index is 0. The maximum absolute atomic E-state index is 12.1. The van der Waals surface area contributed by atoms with Crippen molar-refractivity contribution in [1.82, 2.24) is 0 Å². The fourth-order valence-electron chi connectivity index (χ4n) is 1.60. The largest absolute Gasteiger partial charge is 1.00 e. The number of quaternary nitrogens is 1. The molecule has 114 valence electrons. The average molecular weight is 474 g/mol. The number of halogens is 3. The van der Waals surface area contributed by atoms with Crippen LogP contribution in [0.4, 0.5) is 0 Å². The van der Waals surface area contributed by atoms with Crippen LogP contribution in [0.1, 0.15) is 21.5 Å². The van der Waals surface area contributed by atoms with Gasteiger partial charge in [0.1, 0.15) is 13.2 Å². The Morgan fingerprint density at radius 3 is 2.35 bits per heavy atom. The summed E-state index contributed by atoms with van der Waals surface area (Å²) in [6, 6.07) is 5.71. The quantitative estimate of drug-likeness (QED) is 0.338. The summed E-state index contributed by atoms with van der Waals surface area (Å²) in [7, 11) is 6.22. The predicted octanol–water partition coefficient (Wildman–Crippen LogP) is 0.343. The molecule has 0 spiro atoms. The Hall–Kier alpha value is 0.0900. The standard InChI is InChI=1S/C14H20Br2NO2.BrH/c1-17(2,3)7-8-19-14(18)12-6-4-5-11(9-15)13(12)10-16;/h4-6H,7-10H2,1-3H3;1H/q+1;/p-1. The second-order valence-corrected chi connectivity index (χ2v) is 6.48. The summed E-state index contributed by atoms with van der Waals surface area (Å²) in [4.78, 5) is 12.1. The third kappa shape index (κ3) is 6.24. The molecule has 0 saturated carbocycles. The number of hydrogen-bond acceptors (Lipinski definition) is 2. The van der Waals surface area contributed by atoms with Crippen LogP contribution in [-0.4, -0.2) is 44.7 Å². The summed E-state index contributed by atoms with van der Waals surface area (Å²) in [6.07, 6.45) is 0. The third-order valence-electron chi connectivity index (χ3n) is 2.77. The van der Waals surface area contributed by atoms with Crippen molar-refractivity contribution >= 4 is 37.8 Å². The van der Waals surface area contributed by atoms with Crippen LogP contribution in [0.5, 0.6) is 0 Å². The molecule has 0 heterocycles. The number of alkyl halides is 2. The lowest BCUT2D eigenvalue weighted by Gasteiger charge is -2.23. The van der Waals surface area contributed by atoms with Gasteiger partial charge in [-0.25, -0.2) is 4.79 Å². The first-order valence-corrected chi connectivity index (χ1v) is 8.33. The van der Waals surface area contributed by atoms with Crippen LogP contribution >= 0.6 is 31.9 Å².